The third kappa shape index (κ3) is 1.96. The molecule has 0 aliphatic heterocycles. The van der Waals surface area contributed by atoms with Crippen molar-refractivity contribution in [2.75, 3.05) is 5.73 Å². The van der Waals surface area contributed by atoms with Gasteiger partial charge in [-0.15, -0.1) is 0 Å². The molecule has 0 radical (unpaired) electrons. The maximum atomic E-state index is 12.0. The van der Waals surface area contributed by atoms with Crippen LogP contribution in [0.25, 0.3) is 0 Å². The van der Waals surface area contributed by atoms with Gasteiger partial charge in [0.25, 0.3) is 0 Å². The second kappa shape index (κ2) is 3.04. The van der Waals surface area contributed by atoms with Crippen molar-refractivity contribution in [3.63, 3.8) is 0 Å². The van der Waals surface area contributed by atoms with E-state index in [0.29, 0.717) is 0 Å². The van der Waals surface area contributed by atoms with Crippen LogP contribution >= 0.6 is 22.6 Å². The summed E-state index contributed by atoms with van der Waals surface area (Å²) in [7, 11) is 0. The predicted octanol–water partition coefficient (Wildman–Crippen LogP) is 1.68. The summed E-state index contributed by atoms with van der Waals surface area (Å²) in [6.45, 7) is 0. The van der Waals surface area contributed by atoms with Gasteiger partial charge in [0.1, 0.15) is 3.70 Å². The quantitative estimate of drug-likeness (QED) is 0.739. The molecule has 0 aliphatic rings. The maximum Gasteiger partial charge on any atom is 0.437 e. The number of hydrogen-bond acceptors (Lipinski definition) is 3. The fourth-order valence-electron chi connectivity index (χ4n) is 0.586. The minimum absolute atomic E-state index is 0.161. The number of aromatic nitrogens is 2. The lowest BCUT2D eigenvalue weighted by molar-refractivity contribution is -0.140. The largest absolute Gasteiger partial charge is 0.437 e. The van der Waals surface area contributed by atoms with Crippen LogP contribution in [0, 0.1) is 3.70 Å². The Kier molecular flexibility index (Phi) is 2.40. The van der Waals surface area contributed by atoms with Gasteiger partial charge in [-0.1, -0.05) is 0 Å². The fraction of sp³-hybridized carbons (Fsp3) is 0.200. The molecular formula is C5H3F3IN3. The molecule has 0 aromatic carbocycles. The van der Waals surface area contributed by atoms with E-state index in [0.717, 1.165) is 0 Å². The zero-order chi connectivity index (χ0) is 9.35. The Morgan fingerprint density at radius 2 is 2.00 bits per heavy atom. The van der Waals surface area contributed by atoms with Crippen LogP contribution in [0.5, 0.6) is 0 Å². The summed E-state index contributed by atoms with van der Waals surface area (Å²) in [6.07, 6.45) is -3.36. The predicted molar refractivity (Wildman–Crippen MR) is 44.2 cm³/mol. The second-order valence-electron chi connectivity index (χ2n) is 1.92. The van der Waals surface area contributed by atoms with Crippen molar-refractivity contribution < 1.29 is 13.2 Å². The minimum Gasteiger partial charge on any atom is -0.382 e. The van der Waals surface area contributed by atoms with Crippen LogP contribution in [0.15, 0.2) is 6.20 Å². The van der Waals surface area contributed by atoms with E-state index in [-0.39, 0.29) is 3.70 Å². The molecule has 66 valence electrons. The van der Waals surface area contributed by atoms with Crippen molar-refractivity contribution in [1.82, 2.24) is 9.97 Å². The third-order valence-corrected chi connectivity index (χ3v) is 1.56. The van der Waals surface area contributed by atoms with Gasteiger partial charge in [0, 0.05) is 0 Å². The van der Waals surface area contributed by atoms with Crippen molar-refractivity contribution >= 4 is 28.4 Å². The summed E-state index contributed by atoms with van der Waals surface area (Å²) in [4.78, 5) is 6.55. The van der Waals surface area contributed by atoms with Gasteiger partial charge < -0.3 is 5.73 Å². The molecule has 0 saturated carbocycles. The highest BCUT2D eigenvalue weighted by molar-refractivity contribution is 14.1. The number of nitrogens with two attached hydrogens (primary N) is 1. The third-order valence-electron chi connectivity index (χ3n) is 1.04. The zero-order valence-corrected chi connectivity index (χ0v) is 7.72. The lowest BCUT2D eigenvalue weighted by Crippen LogP contribution is -2.13. The minimum atomic E-state index is -4.53. The number of nitrogens with zero attached hydrogens (tertiary/aromatic N) is 2. The Balaban J connectivity index is 3.23. The maximum absolute atomic E-state index is 12.0. The molecule has 0 atom stereocenters. The van der Waals surface area contributed by atoms with E-state index in [9.17, 15) is 13.2 Å². The van der Waals surface area contributed by atoms with E-state index in [2.05, 4.69) is 9.97 Å². The Hall–Kier alpha value is -0.600. The smallest absolute Gasteiger partial charge is 0.382 e. The van der Waals surface area contributed by atoms with Crippen LogP contribution in [0.4, 0.5) is 19.0 Å². The molecule has 1 heterocycles. The Labute approximate surface area is 79.3 Å². The van der Waals surface area contributed by atoms with Crippen LogP contribution in [0.3, 0.4) is 0 Å². The first-order valence-electron chi connectivity index (χ1n) is 2.76. The van der Waals surface area contributed by atoms with Gasteiger partial charge >= 0.3 is 6.18 Å². The van der Waals surface area contributed by atoms with Crippen molar-refractivity contribution in [2.24, 2.45) is 0 Å². The molecule has 7 heteroatoms. The van der Waals surface area contributed by atoms with Gasteiger partial charge in [0.05, 0.1) is 6.20 Å². The summed E-state index contributed by atoms with van der Waals surface area (Å²) < 4.78 is 36.3. The topological polar surface area (TPSA) is 51.8 Å². The van der Waals surface area contributed by atoms with Crippen LogP contribution in [0.2, 0.25) is 0 Å². The average molecular weight is 289 g/mol. The van der Waals surface area contributed by atoms with Gasteiger partial charge in [-0.2, -0.15) is 13.2 Å². The first kappa shape index (κ1) is 9.49. The summed E-state index contributed by atoms with van der Waals surface area (Å²) in [5.41, 5.74) is 3.85. The summed E-state index contributed by atoms with van der Waals surface area (Å²) in [5.74, 6) is -0.595. The zero-order valence-electron chi connectivity index (χ0n) is 5.56. The van der Waals surface area contributed by atoms with Gasteiger partial charge in [-0.3, -0.25) is 0 Å². The summed E-state index contributed by atoms with van der Waals surface area (Å²) >= 11 is 1.63. The fourth-order valence-corrected chi connectivity index (χ4v) is 0.966. The number of halogens is 4. The van der Waals surface area contributed by atoms with Gasteiger partial charge in [-0.25, -0.2) is 9.97 Å². The van der Waals surface area contributed by atoms with Crippen LogP contribution in [-0.2, 0) is 6.18 Å². The Morgan fingerprint density at radius 1 is 1.42 bits per heavy atom. The van der Waals surface area contributed by atoms with Crippen molar-refractivity contribution in [3.8, 4) is 0 Å². The Bertz CT molecular complexity index is 298. The molecule has 0 aliphatic carbocycles. The van der Waals surface area contributed by atoms with Crippen molar-refractivity contribution in [1.29, 1.82) is 0 Å². The molecule has 12 heavy (non-hydrogen) atoms. The molecular weight excluding hydrogens is 286 g/mol. The molecule has 1 aromatic rings. The van der Waals surface area contributed by atoms with Gasteiger partial charge in [0.2, 0.25) is 0 Å². The molecule has 2 N–H and O–H groups in total. The SMILES string of the molecule is Nc1ncc(I)nc1C(F)(F)F. The summed E-state index contributed by atoms with van der Waals surface area (Å²) in [6, 6.07) is 0. The normalized spacial score (nSPS) is 11.7. The van der Waals surface area contributed by atoms with Gasteiger partial charge in [-0.05, 0) is 22.6 Å². The van der Waals surface area contributed by atoms with Crippen molar-refractivity contribution in [3.05, 3.63) is 15.6 Å². The first-order valence-corrected chi connectivity index (χ1v) is 3.84. The molecule has 0 amide bonds. The average Bonchev–Trinajstić information content (AvgIpc) is 1.92. The highest BCUT2D eigenvalue weighted by Gasteiger charge is 2.35. The van der Waals surface area contributed by atoms with Crippen LogP contribution in [0.1, 0.15) is 5.69 Å². The number of rotatable bonds is 0. The monoisotopic (exact) mass is 289 g/mol. The molecule has 1 rings (SSSR count). The number of hydrogen-bond donors (Lipinski definition) is 1. The number of nitrogen functional groups attached to an aromatic ring is 1. The molecule has 3 nitrogen and oxygen atoms in total. The molecule has 0 bridgehead atoms. The van der Waals surface area contributed by atoms with E-state index >= 15 is 0 Å². The lowest BCUT2D eigenvalue weighted by Gasteiger charge is -2.06. The van der Waals surface area contributed by atoms with E-state index in [1.807, 2.05) is 0 Å². The molecule has 1 aromatic heterocycles. The second-order valence-corrected chi connectivity index (χ2v) is 3.03. The van der Waals surface area contributed by atoms with Crippen molar-refractivity contribution in [2.45, 2.75) is 6.18 Å². The van der Waals surface area contributed by atoms with E-state index in [1.54, 1.807) is 22.6 Å². The highest BCUT2D eigenvalue weighted by atomic mass is 127. The molecule has 0 saturated heterocycles. The molecule has 0 fully saturated rings. The number of anilines is 1. The Morgan fingerprint density at radius 3 is 2.42 bits per heavy atom. The lowest BCUT2D eigenvalue weighted by atomic mass is 10.4. The van der Waals surface area contributed by atoms with E-state index in [1.165, 1.54) is 6.20 Å². The highest BCUT2D eigenvalue weighted by Crippen LogP contribution is 2.30. The van der Waals surface area contributed by atoms with E-state index < -0.39 is 17.7 Å². The molecule has 0 unspecified atom stereocenters. The first-order chi connectivity index (χ1) is 5.41. The van der Waals surface area contributed by atoms with Crippen LogP contribution < -0.4 is 5.73 Å². The van der Waals surface area contributed by atoms with Gasteiger partial charge in [0.15, 0.2) is 11.5 Å². The molecule has 0 spiro atoms. The van der Waals surface area contributed by atoms with Crippen LogP contribution in [-0.4, -0.2) is 9.97 Å². The summed E-state index contributed by atoms with van der Waals surface area (Å²) in [5, 5.41) is 0. The standard InChI is InChI=1S/C5H3F3IN3/c6-5(7,8)3-4(10)11-1-2(9)12-3/h1H,(H2,10,11). The number of alkyl halides is 3. The van der Waals surface area contributed by atoms with E-state index in [4.69, 9.17) is 5.73 Å².